The highest BCUT2D eigenvalue weighted by Gasteiger charge is 2.52. The fraction of sp³-hybridized carbons (Fsp3) is 0.500. The second-order valence-electron chi connectivity index (χ2n) is 6.07. The minimum Gasteiger partial charge on any atom is -0.400 e. The number of thiol groups is 1. The Morgan fingerprint density at radius 1 is 1.33 bits per heavy atom. The van der Waals surface area contributed by atoms with E-state index in [-0.39, 0.29) is 0 Å². The molecule has 0 radical (unpaired) electrons. The number of halogens is 1. The molecule has 114 valence electrons. The molecule has 1 saturated heterocycles. The second-order valence-corrected chi connectivity index (χ2v) is 6.39. The third-order valence-corrected chi connectivity index (χ3v) is 4.35. The van der Waals surface area contributed by atoms with E-state index < -0.39 is 24.3 Å². The van der Waals surface area contributed by atoms with E-state index >= 15 is 0 Å². The number of pyridine rings is 1. The number of nitrogen functional groups attached to an aromatic ring is 1. The van der Waals surface area contributed by atoms with Crippen LogP contribution in [0.4, 0.5) is 10.1 Å². The number of hydrogen-bond donors (Lipinski definition) is 2. The highest BCUT2D eigenvalue weighted by molar-refractivity contribution is 7.80. The van der Waals surface area contributed by atoms with E-state index in [1.165, 1.54) is 12.1 Å². The first kappa shape index (κ1) is 16.3. The van der Waals surface area contributed by atoms with Crippen molar-refractivity contribution in [3.8, 4) is 0 Å². The lowest BCUT2D eigenvalue weighted by Gasteiger charge is -2.32. The van der Waals surface area contributed by atoms with E-state index in [0.29, 0.717) is 17.1 Å². The van der Waals surface area contributed by atoms with E-state index in [0.717, 1.165) is 5.47 Å². The normalized spacial score (nSPS) is 20.9. The fourth-order valence-electron chi connectivity index (χ4n) is 1.93. The number of rotatable bonds is 3. The molecule has 0 spiro atoms. The molecular weight excluding hydrogens is 290 g/mol. The Bertz CT molecular complexity index is 562. The molecular formula is C14H20BFN2O2S. The molecule has 0 aliphatic carbocycles. The molecule has 2 rings (SSSR count). The summed E-state index contributed by atoms with van der Waals surface area (Å²) in [6.07, 6.45) is 1.67. The Hall–Kier alpha value is -1.05. The Balaban J connectivity index is 2.33. The van der Waals surface area contributed by atoms with Crippen LogP contribution in [0.2, 0.25) is 0 Å². The van der Waals surface area contributed by atoms with Gasteiger partial charge in [-0.1, -0.05) is 0 Å². The quantitative estimate of drug-likeness (QED) is 0.512. The van der Waals surface area contributed by atoms with Crippen molar-refractivity contribution in [1.82, 2.24) is 4.98 Å². The predicted molar refractivity (Wildman–Crippen MR) is 86.5 cm³/mol. The number of aromatic nitrogens is 1. The van der Waals surface area contributed by atoms with Gasteiger partial charge < -0.3 is 15.0 Å². The van der Waals surface area contributed by atoms with E-state index in [1.54, 1.807) is 6.08 Å². The monoisotopic (exact) mass is 310 g/mol. The summed E-state index contributed by atoms with van der Waals surface area (Å²) in [7, 11) is -0.544. The fourth-order valence-corrected chi connectivity index (χ4v) is 2.18. The molecule has 1 aromatic heterocycles. The Labute approximate surface area is 130 Å². The minimum absolute atomic E-state index is 0.355. The smallest absolute Gasteiger partial charge is 0.400 e. The van der Waals surface area contributed by atoms with Crippen LogP contribution in [0.15, 0.2) is 17.6 Å². The average molecular weight is 310 g/mol. The summed E-state index contributed by atoms with van der Waals surface area (Å²) < 4.78 is 25.2. The second kappa shape index (κ2) is 5.63. The zero-order chi connectivity index (χ0) is 15.8. The van der Waals surface area contributed by atoms with Gasteiger partial charge in [-0.05, 0) is 51.4 Å². The van der Waals surface area contributed by atoms with Crippen molar-refractivity contribution >= 4 is 31.5 Å². The molecule has 0 amide bonds. The molecule has 0 aromatic carbocycles. The summed E-state index contributed by atoms with van der Waals surface area (Å²) in [6, 6.07) is 2.70. The molecule has 1 aromatic rings. The molecule has 0 saturated carbocycles. The van der Waals surface area contributed by atoms with Crippen molar-refractivity contribution in [2.75, 3.05) is 11.5 Å². The number of hydrogen-bond acceptors (Lipinski definition) is 5. The Morgan fingerprint density at radius 2 is 1.90 bits per heavy atom. The predicted octanol–water partition coefficient (Wildman–Crippen LogP) is 2.75. The third kappa shape index (κ3) is 3.25. The van der Waals surface area contributed by atoms with Crippen LogP contribution in [0.1, 0.15) is 33.4 Å². The number of nitrogens with two attached hydrogens (primary N) is 1. The van der Waals surface area contributed by atoms with Gasteiger partial charge in [-0.25, -0.2) is 4.98 Å². The van der Waals surface area contributed by atoms with Gasteiger partial charge in [0, 0.05) is 5.75 Å². The lowest BCUT2D eigenvalue weighted by atomic mass is 9.78. The topological polar surface area (TPSA) is 57.4 Å². The van der Waals surface area contributed by atoms with E-state index in [2.05, 4.69) is 17.6 Å². The van der Waals surface area contributed by atoms with Gasteiger partial charge in [-0.3, -0.25) is 0 Å². The molecule has 0 atom stereocenters. The highest BCUT2D eigenvalue weighted by Crippen LogP contribution is 2.39. The summed E-state index contributed by atoms with van der Waals surface area (Å²) in [4.78, 5) is 3.79. The maximum atomic E-state index is 13.2. The van der Waals surface area contributed by atoms with Gasteiger partial charge in [0.2, 0.25) is 5.95 Å². The Morgan fingerprint density at radius 3 is 2.43 bits per heavy atom. The first-order chi connectivity index (χ1) is 9.66. The molecule has 0 unspecified atom stereocenters. The van der Waals surface area contributed by atoms with Crippen LogP contribution in [0.5, 0.6) is 0 Å². The maximum absolute atomic E-state index is 13.2. The van der Waals surface area contributed by atoms with Gasteiger partial charge in [0.15, 0.2) is 0 Å². The zero-order valence-corrected chi connectivity index (χ0v) is 13.6. The largest absolute Gasteiger partial charge is 0.491 e. The van der Waals surface area contributed by atoms with Gasteiger partial charge in [-0.15, -0.1) is 0 Å². The van der Waals surface area contributed by atoms with E-state index in [1.807, 2.05) is 27.7 Å². The van der Waals surface area contributed by atoms with Gasteiger partial charge in [0.05, 0.1) is 22.6 Å². The summed E-state index contributed by atoms with van der Waals surface area (Å²) in [5, 5.41) is 0. The molecule has 1 fully saturated rings. The van der Waals surface area contributed by atoms with Crippen LogP contribution in [-0.4, -0.2) is 29.1 Å². The van der Waals surface area contributed by atoms with Crippen molar-refractivity contribution in [3.63, 3.8) is 0 Å². The van der Waals surface area contributed by atoms with Gasteiger partial charge >= 0.3 is 7.12 Å². The molecule has 21 heavy (non-hydrogen) atoms. The van der Waals surface area contributed by atoms with Crippen molar-refractivity contribution in [2.45, 2.75) is 38.9 Å². The van der Waals surface area contributed by atoms with Crippen molar-refractivity contribution in [3.05, 3.63) is 29.2 Å². The minimum atomic E-state index is -0.581. The SMILES string of the molecule is CC1(C)OB(C(=Cc2nc(F)ccc2N)CS)OC1(C)C. The van der Waals surface area contributed by atoms with Gasteiger partial charge in [0.1, 0.15) is 0 Å². The highest BCUT2D eigenvalue weighted by atomic mass is 32.1. The van der Waals surface area contributed by atoms with Crippen LogP contribution in [-0.2, 0) is 9.31 Å². The molecule has 1 aliphatic rings. The van der Waals surface area contributed by atoms with Crippen molar-refractivity contribution in [2.24, 2.45) is 0 Å². The first-order valence-electron chi connectivity index (χ1n) is 6.75. The maximum Gasteiger partial charge on any atom is 0.491 e. The van der Waals surface area contributed by atoms with Gasteiger partial charge in [0.25, 0.3) is 0 Å². The molecule has 2 N–H and O–H groups in total. The van der Waals surface area contributed by atoms with E-state index in [9.17, 15) is 4.39 Å². The van der Waals surface area contributed by atoms with Crippen LogP contribution in [0, 0.1) is 5.95 Å². The van der Waals surface area contributed by atoms with Crippen LogP contribution in [0.25, 0.3) is 6.08 Å². The molecule has 0 bridgehead atoms. The van der Waals surface area contributed by atoms with Crippen LogP contribution < -0.4 is 5.73 Å². The van der Waals surface area contributed by atoms with Gasteiger partial charge in [-0.2, -0.15) is 17.0 Å². The Kier molecular flexibility index (Phi) is 4.37. The van der Waals surface area contributed by atoms with E-state index in [4.69, 9.17) is 15.0 Å². The summed E-state index contributed by atoms with van der Waals surface area (Å²) in [5.41, 5.74) is 6.43. The zero-order valence-electron chi connectivity index (χ0n) is 12.7. The molecule has 7 heteroatoms. The van der Waals surface area contributed by atoms with Crippen LogP contribution in [0.3, 0.4) is 0 Å². The number of anilines is 1. The molecule has 2 heterocycles. The third-order valence-electron chi connectivity index (χ3n) is 3.98. The lowest BCUT2D eigenvalue weighted by Crippen LogP contribution is -2.41. The van der Waals surface area contributed by atoms with Crippen LogP contribution >= 0.6 is 12.6 Å². The van der Waals surface area contributed by atoms with Crippen molar-refractivity contribution in [1.29, 1.82) is 0 Å². The summed E-state index contributed by atoms with van der Waals surface area (Å²) in [5.74, 6) is -0.183. The lowest BCUT2D eigenvalue weighted by molar-refractivity contribution is 0.00578. The summed E-state index contributed by atoms with van der Waals surface area (Å²) >= 11 is 4.30. The first-order valence-corrected chi connectivity index (χ1v) is 7.38. The molecule has 4 nitrogen and oxygen atoms in total. The average Bonchev–Trinajstić information content (AvgIpc) is 2.59. The van der Waals surface area contributed by atoms with Crippen molar-refractivity contribution < 1.29 is 13.7 Å². The molecule has 1 aliphatic heterocycles. The standard InChI is InChI=1S/C14H20BFN2O2S/c1-13(2)14(3,4)20-15(19-13)9(8-21)7-11-10(17)5-6-12(16)18-11/h5-7,21H,8,17H2,1-4H3. The summed E-state index contributed by atoms with van der Waals surface area (Å²) in [6.45, 7) is 7.88. The number of nitrogens with zero attached hydrogens (tertiary/aromatic N) is 1.